The van der Waals surface area contributed by atoms with E-state index in [4.69, 9.17) is 4.74 Å². The van der Waals surface area contributed by atoms with Crippen LogP contribution in [0.3, 0.4) is 0 Å². The molecule has 1 aromatic heterocycles. The van der Waals surface area contributed by atoms with E-state index >= 15 is 0 Å². The van der Waals surface area contributed by atoms with Gasteiger partial charge in [-0.05, 0) is 54.7 Å². The second-order valence-electron chi connectivity index (χ2n) is 7.64. The zero-order valence-electron chi connectivity index (χ0n) is 16.6. The van der Waals surface area contributed by atoms with Gasteiger partial charge in [-0.1, -0.05) is 40.5 Å². The number of aromatic nitrogens is 1. The van der Waals surface area contributed by atoms with Crippen molar-refractivity contribution in [3.8, 4) is 0 Å². The molecule has 1 aromatic carbocycles. The lowest BCUT2D eigenvalue weighted by molar-refractivity contribution is -0.151. The van der Waals surface area contributed by atoms with Gasteiger partial charge in [-0.25, -0.2) is 0 Å². The number of benzene rings is 1. The maximum absolute atomic E-state index is 13.2. The first-order valence-electron chi connectivity index (χ1n) is 10.2. The number of carbonyl (C=O) groups is 2. The van der Waals surface area contributed by atoms with Crippen molar-refractivity contribution in [3.63, 3.8) is 0 Å². The SMILES string of the molecule is O=C(CN1C(=O)/C(=C/c2cccc(Br)c2)OC2CCCCC21)NCc1cccnc1. The van der Waals surface area contributed by atoms with Crippen LogP contribution < -0.4 is 5.32 Å². The highest BCUT2D eigenvalue weighted by Crippen LogP contribution is 2.33. The summed E-state index contributed by atoms with van der Waals surface area (Å²) in [4.78, 5) is 31.6. The number of nitrogens with zero attached hydrogens (tertiary/aromatic N) is 2. The Morgan fingerprint density at radius 3 is 2.93 bits per heavy atom. The van der Waals surface area contributed by atoms with Crippen LogP contribution in [0.15, 0.2) is 59.0 Å². The zero-order valence-corrected chi connectivity index (χ0v) is 18.2. The van der Waals surface area contributed by atoms with Crippen LogP contribution in [0.4, 0.5) is 0 Å². The fraction of sp³-hybridized carbons (Fsp3) is 0.348. The van der Waals surface area contributed by atoms with E-state index in [-0.39, 0.29) is 30.5 Å². The maximum Gasteiger partial charge on any atom is 0.289 e. The molecule has 2 unspecified atom stereocenters. The molecule has 2 heterocycles. The molecule has 156 valence electrons. The fourth-order valence-corrected chi connectivity index (χ4v) is 4.44. The normalized spacial score (nSPS) is 22.4. The predicted molar refractivity (Wildman–Crippen MR) is 117 cm³/mol. The third-order valence-corrected chi connectivity index (χ3v) is 5.98. The molecule has 1 saturated heterocycles. The number of pyridine rings is 1. The minimum Gasteiger partial charge on any atom is -0.482 e. The number of amides is 2. The summed E-state index contributed by atoms with van der Waals surface area (Å²) in [6, 6.07) is 11.4. The van der Waals surface area contributed by atoms with Crippen molar-refractivity contribution < 1.29 is 14.3 Å². The van der Waals surface area contributed by atoms with Gasteiger partial charge in [-0.15, -0.1) is 0 Å². The molecule has 1 aliphatic heterocycles. The van der Waals surface area contributed by atoms with Gasteiger partial charge in [-0.2, -0.15) is 0 Å². The van der Waals surface area contributed by atoms with Gasteiger partial charge in [0.05, 0.1) is 6.04 Å². The van der Waals surface area contributed by atoms with Crippen LogP contribution in [0.1, 0.15) is 36.8 Å². The van der Waals surface area contributed by atoms with Crippen LogP contribution in [0.25, 0.3) is 6.08 Å². The Labute approximate surface area is 184 Å². The molecule has 2 amide bonds. The fourth-order valence-electron chi connectivity index (χ4n) is 4.02. The van der Waals surface area contributed by atoms with Crippen molar-refractivity contribution in [1.82, 2.24) is 15.2 Å². The second-order valence-corrected chi connectivity index (χ2v) is 8.56. The summed E-state index contributed by atoms with van der Waals surface area (Å²) in [5.41, 5.74) is 1.80. The van der Waals surface area contributed by atoms with Crippen LogP contribution in [-0.2, 0) is 20.9 Å². The Hall–Kier alpha value is -2.67. The minimum atomic E-state index is -0.227. The smallest absolute Gasteiger partial charge is 0.289 e. The lowest BCUT2D eigenvalue weighted by Crippen LogP contribution is -2.57. The van der Waals surface area contributed by atoms with E-state index in [2.05, 4.69) is 26.2 Å². The van der Waals surface area contributed by atoms with Crippen LogP contribution in [0.2, 0.25) is 0 Å². The van der Waals surface area contributed by atoms with Gasteiger partial charge >= 0.3 is 0 Å². The molecule has 6 nitrogen and oxygen atoms in total. The maximum atomic E-state index is 13.2. The van der Waals surface area contributed by atoms with E-state index in [1.165, 1.54) is 0 Å². The molecular formula is C23H24BrN3O3. The summed E-state index contributed by atoms with van der Waals surface area (Å²) in [7, 11) is 0. The molecule has 30 heavy (non-hydrogen) atoms. The number of halogens is 1. The summed E-state index contributed by atoms with van der Waals surface area (Å²) in [6.45, 7) is 0.416. The van der Waals surface area contributed by atoms with E-state index in [1.54, 1.807) is 23.4 Å². The predicted octanol–water partition coefficient (Wildman–Crippen LogP) is 3.67. The third kappa shape index (κ3) is 4.90. The van der Waals surface area contributed by atoms with Crippen molar-refractivity contribution in [2.75, 3.05) is 6.54 Å². The molecule has 2 atom stereocenters. The average molecular weight is 470 g/mol. The van der Waals surface area contributed by atoms with Crippen molar-refractivity contribution in [2.24, 2.45) is 0 Å². The highest BCUT2D eigenvalue weighted by molar-refractivity contribution is 9.10. The molecule has 1 aliphatic carbocycles. The van der Waals surface area contributed by atoms with Crippen LogP contribution in [0, 0.1) is 0 Å². The number of carbonyl (C=O) groups excluding carboxylic acids is 2. The third-order valence-electron chi connectivity index (χ3n) is 5.49. The Balaban J connectivity index is 1.50. The van der Waals surface area contributed by atoms with Crippen LogP contribution in [-0.4, -0.2) is 40.4 Å². The number of nitrogens with one attached hydrogen (secondary N) is 1. The molecule has 7 heteroatoms. The quantitative estimate of drug-likeness (QED) is 0.678. The van der Waals surface area contributed by atoms with Gasteiger partial charge in [-0.3, -0.25) is 14.6 Å². The molecule has 0 radical (unpaired) electrons. The summed E-state index contributed by atoms with van der Waals surface area (Å²) >= 11 is 3.46. The van der Waals surface area contributed by atoms with Crippen molar-refractivity contribution in [1.29, 1.82) is 0 Å². The number of hydrogen-bond acceptors (Lipinski definition) is 4. The number of ether oxygens (including phenoxy) is 1. The first kappa shape index (κ1) is 20.6. The molecule has 2 aliphatic rings. The molecule has 1 N–H and O–H groups in total. The van der Waals surface area contributed by atoms with E-state index in [0.29, 0.717) is 12.3 Å². The molecular weight excluding hydrogens is 446 g/mol. The van der Waals surface area contributed by atoms with Gasteiger partial charge in [0.1, 0.15) is 12.6 Å². The topological polar surface area (TPSA) is 71.5 Å². The summed E-state index contributed by atoms with van der Waals surface area (Å²) in [5.74, 6) is -0.105. The Bertz CT molecular complexity index is 948. The second kappa shape index (κ2) is 9.43. The highest BCUT2D eigenvalue weighted by atomic mass is 79.9. The van der Waals surface area contributed by atoms with E-state index in [9.17, 15) is 9.59 Å². The molecule has 2 aromatic rings. The Kier molecular flexibility index (Phi) is 6.47. The standard InChI is InChI=1S/C23H24BrN3O3/c24-18-7-3-5-16(11-18)12-21-23(29)27(19-8-1-2-9-20(19)30-21)15-22(28)26-14-17-6-4-10-25-13-17/h3-7,10-13,19-20H,1-2,8-9,14-15H2,(H,26,28)/b21-12-. The van der Waals surface area contributed by atoms with Gasteiger partial charge in [0.15, 0.2) is 5.76 Å². The molecule has 1 saturated carbocycles. The van der Waals surface area contributed by atoms with E-state index in [1.807, 2.05) is 36.4 Å². The largest absolute Gasteiger partial charge is 0.482 e. The number of rotatable bonds is 5. The van der Waals surface area contributed by atoms with Gasteiger partial charge in [0, 0.05) is 23.4 Å². The van der Waals surface area contributed by atoms with Crippen molar-refractivity contribution >= 4 is 33.8 Å². The van der Waals surface area contributed by atoms with E-state index < -0.39 is 0 Å². The molecule has 0 bridgehead atoms. The summed E-state index contributed by atoms with van der Waals surface area (Å²) in [6.07, 6.45) is 8.96. The monoisotopic (exact) mass is 469 g/mol. The number of morpholine rings is 1. The summed E-state index contributed by atoms with van der Waals surface area (Å²) in [5, 5.41) is 2.90. The van der Waals surface area contributed by atoms with Gasteiger partial charge in [0.2, 0.25) is 5.91 Å². The zero-order chi connectivity index (χ0) is 20.9. The Morgan fingerprint density at radius 2 is 2.13 bits per heavy atom. The first-order valence-corrected chi connectivity index (χ1v) is 11.0. The van der Waals surface area contributed by atoms with E-state index in [0.717, 1.165) is 41.3 Å². The number of fused-ring (bicyclic) bond motifs is 1. The van der Waals surface area contributed by atoms with Crippen LogP contribution in [0.5, 0.6) is 0 Å². The Morgan fingerprint density at radius 1 is 1.27 bits per heavy atom. The van der Waals surface area contributed by atoms with Crippen molar-refractivity contribution in [2.45, 2.75) is 44.4 Å². The van der Waals surface area contributed by atoms with Crippen LogP contribution >= 0.6 is 15.9 Å². The molecule has 2 fully saturated rings. The van der Waals surface area contributed by atoms with Crippen molar-refractivity contribution in [3.05, 3.63) is 70.2 Å². The molecule has 0 spiro atoms. The van der Waals surface area contributed by atoms with Gasteiger partial charge in [0.25, 0.3) is 5.91 Å². The highest BCUT2D eigenvalue weighted by Gasteiger charge is 2.42. The number of hydrogen-bond donors (Lipinski definition) is 1. The molecule has 4 rings (SSSR count). The first-order chi connectivity index (χ1) is 14.6. The average Bonchev–Trinajstić information content (AvgIpc) is 2.76. The lowest BCUT2D eigenvalue weighted by atomic mass is 9.89. The van der Waals surface area contributed by atoms with Gasteiger partial charge < -0.3 is 15.0 Å². The minimum absolute atomic E-state index is 0.0272. The summed E-state index contributed by atoms with van der Waals surface area (Å²) < 4.78 is 7.03. The lowest BCUT2D eigenvalue weighted by Gasteiger charge is -2.44.